The number of nitrogens with zero attached hydrogens (tertiary/aromatic N) is 1. The summed E-state index contributed by atoms with van der Waals surface area (Å²) in [7, 11) is 3.95. The van der Waals surface area contributed by atoms with Gasteiger partial charge in [-0.2, -0.15) is 0 Å². The normalized spacial score (nSPS) is 26.7. The molecule has 172 valence electrons. The minimum absolute atomic E-state index is 0.0196. The predicted octanol–water partition coefficient (Wildman–Crippen LogP) is 2.35. The van der Waals surface area contributed by atoms with Gasteiger partial charge in [0.25, 0.3) is 0 Å². The van der Waals surface area contributed by atoms with Gasteiger partial charge in [0, 0.05) is 49.5 Å². The number of hydrogen-bond donors (Lipinski definition) is 4. The van der Waals surface area contributed by atoms with Crippen LogP contribution in [-0.2, 0) is 11.2 Å². The molecule has 1 fully saturated rings. The number of likely N-dealkylation sites (N-methyl/N-ethyl adjacent to an activating group) is 1. The maximum atomic E-state index is 6.06. The van der Waals surface area contributed by atoms with Gasteiger partial charge in [0.15, 0.2) is 0 Å². The molecule has 4 N–H and O–H groups in total. The van der Waals surface area contributed by atoms with E-state index in [1.54, 1.807) is 7.11 Å². The van der Waals surface area contributed by atoms with E-state index in [1.165, 1.54) is 23.1 Å². The van der Waals surface area contributed by atoms with Gasteiger partial charge in [-0.25, -0.2) is 0 Å². The zero-order valence-corrected chi connectivity index (χ0v) is 19.3. The molecule has 4 rings (SSSR count). The monoisotopic (exact) mass is 429 g/mol. The summed E-state index contributed by atoms with van der Waals surface area (Å²) < 4.78 is 11.2. The van der Waals surface area contributed by atoms with Crippen molar-refractivity contribution >= 4 is 11.3 Å². The Balaban J connectivity index is 1.47. The number of benzene rings is 1. The van der Waals surface area contributed by atoms with Crippen molar-refractivity contribution in [1.29, 1.82) is 0 Å². The maximum absolute atomic E-state index is 6.06. The summed E-state index contributed by atoms with van der Waals surface area (Å²) in [5.74, 6) is 1.09. The van der Waals surface area contributed by atoms with E-state index in [-0.39, 0.29) is 12.5 Å². The van der Waals surface area contributed by atoms with Crippen molar-refractivity contribution in [1.82, 2.24) is 20.9 Å². The van der Waals surface area contributed by atoms with Gasteiger partial charge in [-0.1, -0.05) is 6.08 Å². The van der Waals surface area contributed by atoms with Crippen molar-refractivity contribution in [2.45, 2.75) is 57.5 Å². The third kappa shape index (κ3) is 5.99. The molecule has 7 nitrogen and oxygen atoms in total. The summed E-state index contributed by atoms with van der Waals surface area (Å²) in [6, 6.07) is 4.97. The molecular weight excluding hydrogens is 390 g/mol. The molecule has 31 heavy (non-hydrogen) atoms. The fourth-order valence-corrected chi connectivity index (χ4v) is 4.78. The van der Waals surface area contributed by atoms with E-state index in [0.717, 1.165) is 70.0 Å². The van der Waals surface area contributed by atoms with Crippen molar-refractivity contribution in [3.63, 3.8) is 0 Å². The van der Waals surface area contributed by atoms with Crippen LogP contribution in [0.15, 0.2) is 18.2 Å². The van der Waals surface area contributed by atoms with Gasteiger partial charge < -0.3 is 25.0 Å². The molecule has 1 saturated heterocycles. The first-order valence-electron chi connectivity index (χ1n) is 11.8. The smallest absolute Gasteiger partial charge is 0.133 e. The number of nitrogens with one attached hydrogen (secondary N) is 4. The van der Waals surface area contributed by atoms with Gasteiger partial charge in [0.1, 0.15) is 12.0 Å². The Hall–Kier alpha value is -1.64. The van der Waals surface area contributed by atoms with E-state index in [1.807, 2.05) is 0 Å². The standard InChI is InChI=1S/C24H39N5O2/c1-17-14-22(25-9-5-12-30-3)28-24(26-17)27-20-15-19-8-13-31-23(19)21(16-20)18-6-4-10-29(2)11-7-18/h7,15-17,22,24-28H,4-6,8-14H2,1-3H3. The number of allylic oxidation sites excluding steroid dienone is 1. The zero-order chi connectivity index (χ0) is 21.6. The molecule has 0 saturated carbocycles. The number of methoxy groups -OCH3 is 1. The first-order valence-corrected chi connectivity index (χ1v) is 11.8. The molecule has 7 heteroatoms. The van der Waals surface area contributed by atoms with Crippen molar-refractivity contribution in [3.05, 3.63) is 29.3 Å². The summed E-state index contributed by atoms with van der Waals surface area (Å²) in [5.41, 5.74) is 5.15. The number of hydrogen-bond acceptors (Lipinski definition) is 7. The second-order valence-corrected chi connectivity index (χ2v) is 9.11. The van der Waals surface area contributed by atoms with Gasteiger partial charge in [-0.05, 0) is 70.5 Å². The van der Waals surface area contributed by atoms with E-state index < -0.39 is 0 Å². The Labute approximate surface area is 186 Å². The summed E-state index contributed by atoms with van der Waals surface area (Å²) in [6.45, 7) is 6.92. The lowest BCUT2D eigenvalue weighted by molar-refractivity contribution is 0.186. The zero-order valence-electron chi connectivity index (χ0n) is 19.3. The van der Waals surface area contributed by atoms with Crippen LogP contribution in [0.25, 0.3) is 5.57 Å². The van der Waals surface area contributed by atoms with Crippen LogP contribution < -0.4 is 26.0 Å². The van der Waals surface area contributed by atoms with Gasteiger partial charge in [-0.15, -0.1) is 0 Å². The lowest BCUT2D eigenvalue weighted by Crippen LogP contribution is -2.64. The fraction of sp³-hybridized carbons (Fsp3) is 0.667. The molecular formula is C24H39N5O2. The Bertz CT molecular complexity index is 769. The molecule has 1 aromatic rings. The van der Waals surface area contributed by atoms with E-state index in [0.29, 0.717) is 6.04 Å². The minimum atomic E-state index is 0.0196. The molecule has 1 aromatic carbocycles. The second kappa shape index (κ2) is 10.8. The van der Waals surface area contributed by atoms with E-state index in [9.17, 15) is 0 Å². The molecule has 3 aliphatic heterocycles. The SMILES string of the molecule is COCCCNC1CC(C)NC(Nc2cc3c(c(C4=CCN(C)CCC4)c2)OCC3)N1. The number of fused-ring (bicyclic) bond motifs is 1. The van der Waals surface area contributed by atoms with Crippen LogP contribution in [0.5, 0.6) is 5.75 Å². The lowest BCUT2D eigenvalue weighted by atomic mass is 9.96. The Morgan fingerprint density at radius 1 is 1.26 bits per heavy atom. The highest BCUT2D eigenvalue weighted by Crippen LogP contribution is 2.39. The summed E-state index contributed by atoms with van der Waals surface area (Å²) in [4.78, 5) is 2.38. The Morgan fingerprint density at radius 2 is 2.16 bits per heavy atom. The van der Waals surface area contributed by atoms with Crippen LogP contribution in [0.1, 0.15) is 43.7 Å². The van der Waals surface area contributed by atoms with Crippen LogP contribution in [-0.4, -0.2) is 70.4 Å². The van der Waals surface area contributed by atoms with Crippen molar-refractivity contribution in [2.75, 3.05) is 52.3 Å². The lowest BCUT2D eigenvalue weighted by Gasteiger charge is -2.37. The van der Waals surface area contributed by atoms with Crippen molar-refractivity contribution in [3.8, 4) is 5.75 Å². The molecule has 0 aromatic heterocycles. The molecule has 0 spiro atoms. The highest BCUT2D eigenvalue weighted by Gasteiger charge is 2.26. The number of ether oxygens (including phenoxy) is 2. The average Bonchev–Trinajstić information content (AvgIpc) is 3.11. The molecule has 3 aliphatic rings. The summed E-state index contributed by atoms with van der Waals surface area (Å²) in [5, 5.41) is 14.6. The first-order chi connectivity index (χ1) is 15.1. The predicted molar refractivity (Wildman–Crippen MR) is 126 cm³/mol. The number of anilines is 1. The van der Waals surface area contributed by atoms with Crippen molar-refractivity contribution in [2.24, 2.45) is 0 Å². The van der Waals surface area contributed by atoms with Gasteiger partial charge >= 0.3 is 0 Å². The van der Waals surface area contributed by atoms with Crippen LogP contribution >= 0.6 is 0 Å². The largest absolute Gasteiger partial charge is 0.492 e. The molecule has 0 amide bonds. The maximum Gasteiger partial charge on any atom is 0.133 e. The average molecular weight is 430 g/mol. The van der Waals surface area contributed by atoms with Crippen molar-refractivity contribution < 1.29 is 9.47 Å². The van der Waals surface area contributed by atoms with Gasteiger partial charge in [0.05, 0.1) is 12.8 Å². The molecule has 0 aliphatic carbocycles. The fourth-order valence-electron chi connectivity index (χ4n) is 4.78. The van der Waals surface area contributed by atoms with E-state index >= 15 is 0 Å². The molecule has 3 unspecified atom stereocenters. The third-order valence-electron chi connectivity index (χ3n) is 6.40. The molecule has 0 radical (unpaired) electrons. The van der Waals surface area contributed by atoms with Crippen LogP contribution in [0.3, 0.4) is 0 Å². The van der Waals surface area contributed by atoms with E-state index in [4.69, 9.17) is 9.47 Å². The van der Waals surface area contributed by atoms with Crippen LogP contribution in [0, 0.1) is 0 Å². The van der Waals surface area contributed by atoms with Gasteiger partial charge in [0.2, 0.25) is 0 Å². The van der Waals surface area contributed by atoms with E-state index in [2.05, 4.69) is 58.3 Å². The molecule has 3 atom stereocenters. The highest BCUT2D eigenvalue weighted by molar-refractivity contribution is 5.76. The quantitative estimate of drug-likeness (QED) is 0.473. The summed E-state index contributed by atoms with van der Waals surface area (Å²) >= 11 is 0. The summed E-state index contributed by atoms with van der Waals surface area (Å²) in [6.07, 6.45) is 8.03. The topological polar surface area (TPSA) is 69.8 Å². The molecule has 0 bridgehead atoms. The van der Waals surface area contributed by atoms with Crippen LogP contribution in [0.4, 0.5) is 5.69 Å². The molecule has 3 heterocycles. The Kier molecular flexibility index (Phi) is 7.85. The van der Waals surface area contributed by atoms with Gasteiger partial charge in [-0.3, -0.25) is 10.6 Å². The number of rotatable bonds is 8. The minimum Gasteiger partial charge on any atom is -0.492 e. The Morgan fingerprint density at radius 3 is 3.03 bits per heavy atom. The highest BCUT2D eigenvalue weighted by atomic mass is 16.5. The second-order valence-electron chi connectivity index (χ2n) is 9.11. The van der Waals surface area contributed by atoms with Crippen LogP contribution in [0.2, 0.25) is 0 Å². The third-order valence-corrected chi connectivity index (χ3v) is 6.40. The first kappa shape index (κ1) is 22.6.